The summed E-state index contributed by atoms with van der Waals surface area (Å²) in [5, 5.41) is 9.70. The van der Waals surface area contributed by atoms with Gasteiger partial charge in [0, 0.05) is 5.41 Å². The van der Waals surface area contributed by atoms with Crippen LogP contribution in [0, 0.1) is 5.41 Å². The number of carbonyl (C=O) groups excluding carboxylic acids is 2. The number of Topliss-reactive ketones (excluding diaryl/α,β-unsaturated/α-hetero) is 1. The number of nitrogens with zero attached hydrogens (tertiary/aromatic N) is 1. The smallest absolute Gasteiger partial charge is 0.231 e. The molecule has 18 heavy (non-hydrogen) atoms. The second-order valence-corrected chi connectivity index (χ2v) is 5.55. The SMILES string of the molecule is CC(C)(C)C(=O)N1C(O)C(=O)C1c1ccccc1. The Morgan fingerprint density at radius 2 is 1.78 bits per heavy atom. The van der Waals surface area contributed by atoms with Crippen molar-refractivity contribution in [2.75, 3.05) is 0 Å². The Morgan fingerprint density at radius 3 is 2.28 bits per heavy atom. The van der Waals surface area contributed by atoms with Gasteiger partial charge in [0.1, 0.15) is 6.04 Å². The first-order valence-corrected chi connectivity index (χ1v) is 5.93. The molecule has 2 atom stereocenters. The predicted molar refractivity (Wildman–Crippen MR) is 66.5 cm³/mol. The second kappa shape index (κ2) is 4.21. The average molecular weight is 247 g/mol. The van der Waals surface area contributed by atoms with Crippen LogP contribution in [-0.4, -0.2) is 27.9 Å². The van der Waals surface area contributed by atoms with Crippen molar-refractivity contribution in [3.8, 4) is 0 Å². The molecule has 0 bridgehead atoms. The van der Waals surface area contributed by atoms with Crippen molar-refractivity contribution in [2.24, 2.45) is 5.41 Å². The molecule has 2 rings (SSSR count). The maximum atomic E-state index is 12.2. The van der Waals surface area contributed by atoms with Crippen LogP contribution in [0.25, 0.3) is 0 Å². The fourth-order valence-electron chi connectivity index (χ4n) is 2.05. The maximum Gasteiger partial charge on any atom is 0.231 e. The lowest BCUT2D eigenvalue weighted by Crippen LogP contribution is -2.63. The van der Waals surface area contributed by atoms with Crippen LogP contribution in [0.15, 0.2) is 30.3 Å². The van der Waals surface area contributed by atoms with E-state index in [4.69, 9.17) is 0 Å². The molecule has 1 heterocycles. The van der Waals surface area contributed by atoms with E-state index < -0.39 is 17.7 Å². The quantitative estimate of drug-likeness (QED) is 0.818. The van der Waals surface area contributed by atoms with E-state index in [9.17, 15) is 14.7 Å². The van der Waals surface area contributed by atoms with Crippen LogP contribution < -0.4 is 0 Å². The number of benzene rings is 1. The third-order valence-electron chi connectivity index (χ3n) is 3.06. The predicted octanol–water partition coefficient (Wildman–Crippen LogP) is 1.50. The molecule has 1 aliphatic rings. The molecule has 0 aromatic heterocycles. The number of rotatable bonds is 1. The Morgan fingerprint density at radius 1 is 1.22 bits per heavy atom. The molecule has 1 fully saturated rings. The van der Waals surface area contributed by atoms with Gasteiger partial charge in [0.05, 0.1) is 0 Å². The summed E-state index contributed by atoms with van der Waals surface area (Å²) < 4.78 is 0. The van der Waals surface area contributed by atoms with Crippen molar-refractivity contribution in [1.82, 2.24) is 4.90 Å². The zero-order chi connectivity index (χ0) is 13.5. The number of carbonyl (C=O) groups is 2. The molecule has 0 spiro atoms. The van der Waals surface area contributed by atoms with Crippen LogP contribution in [-0.2, 0) is 9.59 Å². The third kappa shape index (κ3) is 1.93. The largest absolute Gasteiger partial charge is 0.367 e. The Kier molecular flexibility index (Phi) is 2.99. The molecular formula is C14H17NO3. The highest BCUT2D eigenvalue weighted by Crippen LogP contribution is 2.37. The molecule has 2 unspecified atom stereocenters. The summed E-state index contributed by atoms with van der Waals surface area (Å²) in [6.45, 7) is 5.31. The van der Waals surface area contributed by atoms with Gasteiger partial charge in [-0.1, -0.05) is 51.1 Å². The molecule has 1 N–H and O–H groups in total. The summed E-state index contributed by atoms with van der Waals surface area (Å²) in [5.41, 5.74) is 0.125. The van der Waals surface area contributed by atoms with Gasteiger partial charge < -0.3 is 5.11 Å². The number of hydrogen-bond donors (Lipinski definition) is 1. The molecule has 0 aliphatic carbocycles. The minimum atomic E-state index is -1.30. The van der Waals surface area contributed by atoms with E-state index in [0.29, 0.717) is 0 Å². The molecule has 1 amide bonds. The minimum absolute atomic E-state index is 0.219. The van der Waals surface area contributed by atoms with E-state index in [1.807, 2.05) is 18.2 Å². The van der Waals surface area contributed by atoms with Gasteiger partial charge in [-0.15, -0.1) is 0 Å². The fourth-order valence-corrected chi connectivity index (χ4v) is 2.05. The Balaban J connectivity index is 2.31. The average Bonchev–Trinajstić information content (AvgIpc) is 2.33. The molecule has 4 nitrogen and oxygen atoms in total. The standard InChI is InChI=1S/C14H17NO3/c1-14(2,3)13(18)15-10(11(16)12(15)17)9-7-5-4-6-8-9/h4-8,10,12,17H,1-3H3. The third-order valence-corrected chi connectivity index (χ3v) is 3.06. The summed E-state index contributed by atoms with van der Waals surface area (Å²) in [6, 6.07) is 8.40. The normalized spacial score (nSPS) is 23.8. The van der Waals surface area contributed by atoms with E-state index in [1.165, 1.54) is 4.90 Å². The topological polar surface area (TPSA) is 57.6 Å². The lowest BCUT2D eigenvalue weighted by molar-refractivity contribution is -0.185. The van der Waals surface area contributed by atoms with Gasteiger partial charge >= 0.3 is 0 Å². The van der Waals surface area contributed by atoms with Crippen LogP contribution in [0.1, 0.15) is 32.4 Å². The van der Waals surface area contributed by atoms with Crippen molar-refractivity contribution >= 4 is 11.7 Å². The monoisotopic (exact) mass is 247 g/mol. The van der Waals surface area contributed by atoms with E-state index in [2.05, 4.69) is 0 Å². The Hall–Kier alpha value is -1.68. The molecular weight excluding hydrogens is 230 g/mol. The van der Waals surface area contributed by atoms with Crippen LogP contribution in [0.2, 0.25) is 0 Å². The molecule has 0 saturated carbocycles. The van der Waals surface area contributed by atoms with Crippen molar-refractivity contribution < 1.29 is 14.7 Å². The summed E-state index contributed by atoms with van der Waals surface area (Å²) in [6.07, 6.45) is -1.30. The maximum absolute atomic E-state index is 12.2. The minimum Gasteiger partial charge on any atom is -0.367 e. The second-order valence-electron chi connectivity index (χ2n) is 5.55. The van der Waals surface area contributed by atoms with Crippen molar-refractivity contribution in [2.45, 2.75) is 33.0 Å². The van der Waals surface area contributed by atoms with Gasteiger partial charge in [-0.2, -0.15) is 0 Å². The van der Waals surface area contributed by atoms with Crippen LogP contribution in [0.4, 0.5) is 0 Å². The van der Waals surface area contributed by atoms with E-state index in [-0.39, 0.29) is 11.7 Å². The zero-order valence-electron chi connectivity index (χ0n) is 10.8. The number of likely N-dealkylation sites (tertiary alicyclic amines) is 1. The molecule has 1 aromatic carbocycles. The van der Waals surface area contributed by atoms with Crippen LogP contribution in [0.5, 0.6) is 0 Å². The van der Waals surface area contributed by atoms with Crippen molar-refractivity contribution in [3.63, 3.8) is 0 Å². The molecule has 1 aromatic rings. The first kappa shape index (κ1) is 12.8. The first-order valence-electron chi connectivity index (χ1n) is 5.93. The molecule has 1 aliphatic heterocycles. The summed E-state index contributed by atoms with van der Waals surface area (Å²) in [7, 11) is 0. The van der Waals surface area contributed by atoms with E-state index >= 15 is 0 Å². The highest BCUT2D eigenvalue weighted by atomic mass is 16.3. The number of ketones is 1. The number of amides is 1. The first-order chi connectivity index (χ1) is 8.34. The van der Waals surface area contributed by atoms with Crippen LogP contribution >= 0.6 is 0 Å². The highest BCUT2D eigenvalue weighted by molar-refractivity contribution is 6.02. The van der Waals surface area contributed by atoms with Gasteiger partial charge in [0.25, 0.3) is 0 Å². The lowest BCUT2D eigenvalue weighted by Gasteiger charge is -2.46. The van der Waals surface area contributed by atoms with E-state index in [1.54, 1.807) is 32.9 Å². The number of aliphatic hydroxyl groups is 1. The van der Waals surface area contributed by atoms with Gasteiger partial charge in [-0.05, 0) is 5.56 Å². The summed E-state index contributed by atoms with van der Waals surface area (Å²) in [4.78, 5) is 25.2. The summed E-state index contributed by atoms with van der Waals surface area (Å²) >= 11 is 0. The lowest BCUT2D eigenvalue weighted by atomic mass is 9.86. The Bertz CT molecular complexity index is 476. The number of hydrogen-bond acceptors (Lipinski definition) is 3. The van der Waals surface area contributed by atoms with E-state index in [0.717, 1.165) is 5.56 Å². The zero-order valence-corrected chi connectivity index (χ0v) is 10.8. The molecule has 1 saturated heterocycles. The van der Waals surface area contributed by atoms with Crippen LogP contribution in [0.3, 0.4) is 0 Å². The fraction of sp³-hybridized carbons (Fsp3) is 0.429. The highest BCUT2D eigenvalue weighted by Gasteiger charge is 2.52. The van der Waals surface area contributed by atoms with Gasteiger partial charge in [-0.3, -0.25) is 14.5 Å². The van der Waals surface area contributed by atoms with Crippen molar-refractivity contribution in [1.29, 1.82) is 0 Å². The molecule has 96 valence electrons. The van der Waals surface area contributed by atoms with Gasteiger partial charge in [0.15, 0.2) is 6.23 Å². The molecule has 0 radical (unpaired) electrons. The van der Waals surface area contributed by atoms with Gasteiger partial charge in [0.2, 0.25) is 11.7 Å². The van der Waals surface area contributed by atoms with Crippen molar-refractivity contribution in [3.05, 3.63) is 35.9 Å². The van der Waals surface area contributed by atoms with Gasteiger partial charge in [-0.25, -0.2) is 0 Å². The molecule has 4 heteroatoms. The summed E-state index contributed by atoms with van der Waals surface area (Å²) in [5.74, 6) is -0.540. The Labute approximate surface area is 106 Å². The number of aliphatic hydroxyl groups excluding tert-OH is 1.